The molecule has 15 heteroatoms. The van der Waals surface area contributed by atoms with Crippen LogP contribution in [0.4, 0.5) is 0 Å². The van der Waals surface area contributed by atoms with Crippen molar-refractivity contribution in [2.24, 2.45) is 11.5 Å². The normalized spacial score (nSPS) is 31.0. The lowest BCUT2D eigenvalue weighted by Crippen LogP contribution is -2.64. The Bertz CT molecular complexity index is 497. The van der Waals surface area contributed by atoms with Gasteiger partial charge in [-0.3, -0.25) is 14.7 Å². The van der Waals surface area contributed by atoms with Crippen LogP contribution in [0.1, 0.15) is 12.8 Å². The average molecular weight is 414 g/mol. The summed E-state index contributed by atoms with van der Waals surface area (Å²) in [4.78, 5) is 18.7. The van der Waals surface area contributed by atoms with Crippen molar-refractivity contribution in [1.82, 2.24) is 5.32 Å². The number of rotatable bonds is 7. The summed E-state index contributed by atoms with van der Waals surface area (Å²) in [5.74, 6) is -1.11. The largest absolute Gasteiger partial charge is 0.765 e. The molecule has 0 bridgehead atoms. The highest BCUT2D eigenvalue weighted by atomic mass is 28.3. The molecule has 0 saturated heterocycles. The van der Waals surface area contributed by atoms with E-state index in [2.05, 4.69) is 9.74 Å². The van der Waals surface area contributed by atoms with Gasteiger partial charge in [-0.05, 0) is 12.8 Å². The topological polar surface area (TPSA) is 273 Å². The quantitative estimate of drug-likeness (QED) is 0.0802. The number of aliphatic carboxylic acids is 1. The maximum absolute atomic E-state index is 10.4. The Morgan fingerprint density at radius 2 is 1.56 bits per heavy atom. The molecule has 1 rings (SSSR count). The number of aliphatic hydroxyl groups is 5. The van der Waals surface area contributed by atoms with E-state index in [-0.39, 0.29) is 5.96 Å². The monoisotopic (exact) mass is 414 g/mol. The number of carboxylic acid groups (broad SMARTS) is 1. The highest BCUT2D eigenvalue weighted by molar-refractivity contribution is 6.24. The number of aliphatic hydroxyl groups excluding tert-OH is 5. The van der Waals surface area contributed by atoms with E-state index in [9.17, 15) is 29.7 Å². The third-order valence-electron chi connectivity index (χ3n) is 3.63. The van der Waals surface area contributed by atoms with Crippen molar-refractivity contribution < 1.29 is 49.1 Å². The van der Waals surface area contributed by atoms with E-state index < -0.39 is 57.8 Å². The van der Waals surface area contributed by atoms with Crippen molar-refractivity contribution in [3.05, 3.63) is 0 Å². The average Bonchev–Trinajstić information content (AvgIpc) is 2.59. The molecule has 0 heterocycles. The van der Waals surface area contributed by atoms with Gasteiger partial charge in [0.15, 0.2) is 5.96 Å². The number of hydrogen-bond acceptors (Lipinski definition) is 10. The summed E-state index contributed by atoms with van der Waals surface area (Å²) >= 11 is 0. The van der Waals surface area contributed by atoms with Gasteiger partial charge < -0.3 is 56.6 Å². The van der Waals surface area contributed by atoms with Crippen LogP contribution in [0, 0.1) is 5.41 Å². The van der Waals surface area contributed by atoms with Gasteiger partial charge in [-0.2, -0.15) is 0 Å². The molecular weight excluding hydrogens is 388 g/mol. The first-order chi connectivity index (χ1) is 12.4. The standard InChI is InChI=1S/C6H14N4O2.C6H12O8Si/c7-4(5(11)12)2-1-3-10-6(8)9;7-1-2(8)4(10)6(14-15(12)13)5(11)3(1)9/h4H,1-3,7H2,(H,11,12)(H4,8,9,10);1-12H/t;1-,2-,3+,4-,5-,6-/m.0/s1. The van der Waals surface area contributed by atoms with Crippen molar-refractivity contribution >= 4 is 21.1 Å². The maximum Gasteiger partial charge on any atom is 0.765 e. The predicted octanol–water partition coefficient (Wildman–Crippen LogP) is -5.74. The Hall–Kier alpha value is -1.88. The molecule has 1 aliphatic carbocycles. The minimum atomic E-state index is -3.44. The molecule has 7 atom stereocenters. The molecule has 0 spiro atoms. The van der Waals surface area contributed by atoms with Crippen molar-refractivity contribution in [2.75, 3.05) is 6.54 Å². The number of hydrogen-bond donors (Lipinski definition) is 11. The highest BCUT2D eigenvalue weighted by Crippen LogP contribution is 2.23. The van der Waals surface area contributed by atoms with Gasteiger partial charge in [-0.1, -0.05) is 0 Å². The molecule has 1 saturated carbocycles. The SMILES string of the molecule is N=C(N)NCCCC(N)C(=O)O.O=[Si](O)O[C@@H]1[C@@H](O)[C@H](O)[C@@H](O)[C@H](O)[C@@H]1O. The third-order valence-corrected chi connectivity index (χ3v) is 4.11. The Balaban J connectivity index is 0.000000516. The van der Waals surface area contributed by atoms with Gasteiger partial charge >= 0.3 is 15.1 Å². The maximum atomic E-state index is 10.4. The number of carbonyl (C=O) groups is 1. The lowest BCUT2D eigenvalue weighted by molar-refractivity contribution is -0.220. The Labute approximate surface area is 155 Å². The molecule has 27 heavy (non-hydrogen) atoms. The minimum Gasteiger partial charge on any atom is -0.511 e. The number of nitrogens with one attached hydrogen (secondary N) is 2. The second-order valence-electron chi connectivity index (χ2n) is 5.73. The second kappa shape index (κ2) is 11.8. The summed E-state index contributed by atoms with van der Waals surface area (Å²) in [7, 11) is -3.44. The van der Waals surface area contributed by atoms with Crippen LogP contribution in [-0.2, 0) is 13.7 Å². The van der Waals surface area contributed by atoms with Gasteiger partial charge in [-0.15, -0.1) is 0 Å². The van der Waals surface area contributed by atoms with Crippen molar-refractivity contribution in [1.29, 1.82) is 5.41 Å². The summed E-state index contributed by atoms with van der Waals surface area (Å²) in [5, 5.41) is 63.8. The van der Waals surface area contributed by atoms with Gasteiger partial charge in [-0.25, -0.2) is 0 Å². The van der Waals surface area contributed by atoms with E-state index in [1.165, 1.54) is 0 Å². The van der Waals surface area contributed by atoms with Crippen LogP contribution < -0.4 is 16.8 Å². The van der Waals surface area contributed by atoms with Crippen LogP contribution >= 0.6 is 0 Å². The Kier molecular flexibility index (Phi) is 10.9. The summed E-state index contributed by atoms with van der Waals surface area (Å²) < 4.78 is 14.6. The first kappa shape index (κ1) is 25.1. The molecule has 0 radical (unpaired) electrons. The fourth-order valence-electron chi connectivity index (χ4n) is 2.12. The van der Waals surface area contributed by atoms with Crippen LogP contribution in [0.5, 0.6) is 0 Å². The highest BCUT2D eigenvalue weighted by Gasteiger charge is 2.50. The number of carboxylic acids is 1. The van der Waals surface area contributed by atoms with Gasteiger partial charge in [0.2, 0.25) is 0 Å². The molecule has 0 aromatic rings. The van der Waals surface area contributed by atoms with E-state index in [0.29, 0.717) is 19.4 Å². The fourth-order valence-corrected chi connectivity index (χ4v) is 2.63. The predicted molar refractivity (Wildman–Crippen MR) is 88.3 cm³/mol. The third kappa shape index (κ3) is 8.56. The zero-order valence-electron chi connectivity index (χ0n) is 14.2. The van der Waals surface area contributed by atoms with Gasteiger partial charge in [0.25, 0.3) is 0 Å². The lowest BCUT2D eigenvalue weighted by atomic mass is 9.85. The van der Waals surface area contributed by atoms with Crippen molar-refractivity contribution in [3.8, 4) is 0 Å². The van der Waals surface area contributed by atoms with Crippen molar-refractivity contribution in [2.45, 2.75) is 55.5 Å². The second-order valence-corrected chi connectivity index (χ2v) is 6.50. The molecule has 158 valence electrons. The molecule has 0 amide bonds. The first-order valence-corrected chi connectivity index (χ1v) is 9.02. The van der Waals surface area contributed by atoms with Crippen LogP contribution in [-0.4, -0.2) is 106 Å². The molecule has 1 aliphatic rings. The van der Waals surface area contributed by atoms with E-state index in [1.807, 2.05) is 0 Å². The summed E-state index contributed by atoms with van der Waals surface area (Å²) in [5.41, 5.74) is 10.2. The smallest absolute Gasteiger partial charge is 0.511 e. The van der Waals surface area contributed by atoms with Gasteiger partial charge in [0, 0.05) is 6.54 Å². The molecule has 1 unspecified atom stereocenters. The lowest BCUT2D eigenvalue weighted by Gasteiger charge is -2.40. The molecule has 14 nitrogen and oxygen atoms in total. The van der Waals surface area contributed by atoms with Crippen LogP contribution in [0.2, 0.25) is 0 Å². The van der Waals surface area contributed by atoms with Gasteiger partial charge in [0.05, 0.1) is 0 Å². The van der Waals surface area contributed by atoms with E-state index >= 15 is 0 Å². The zero-order chi connectivity index (χ0) is 21.3. The minimum absolute atomic E-state index is 0.112. The van der Waals surface area contributed by atoms with E-state index in [0.717, 1.165) is 0 Å². The van der Waals surface area contributed by atoms with Crippen molar-refractivity contribution in [3.63, 3.8) is 0 Å². The van der Waals surface area contributed by atoms with Gasteiger partial charge in [0.1, 0.15) is 42.7 Å². The van der Waals surface area contributed by atoms with E-state index in [1.54, 1.807) is 0 Å². The molecular formula is C12H26N4O10Si. The molecule has 1 fully saturated rings. The number of nitrogens with two attached hydrogens (primary N) is 2. The fraction of sp³-hybridized carbons (Fsp3) is 0.833. The van der Waals surface area contributed by atoms with E-state index in [4.69, 9.17) is 31.9 Å². The van der Waals surface area contributed by atoms with Crippen LogP contribution in [0.15, 0.2) is 0 Å². The molecule has 0 aromatic heterocycles. The molecule has 0 aromatic carbocycles. The molecule has 13 N–H and O–H groups in total. The van der Waals surface area contributed by atoms with Crippen LogP contribution in [0.25, 0.3) is 0 Å². The zero-order valence-corrected chi connectivity index (χ0v) is 15.2. The Morgan fingerprint density at radius 1 is 1.11 bits per heavy atom. The summed E-state index contributed by atoms with van der Waals surface area (Å²) in [6, 6.07) is -0.821. The first-order valence-electron chi connectivity index (χ1n) is 7.76. The summed E-state index contributed by atoms with van der Waals surface area (Å²) in [6.07, 6.45) is -9.39. The summed E-state index contributed by atoms with van der Waals surface area (Å²) in [6.45, 7) is 0.482. The van der Waals surface area contributed by atoms with Crippen LogP contribution in [0.3, 0.4) is 0 Å². The Morgan fingerprint density at radius 3 is 1.93 bits per heavy atom. The number of guanidine groups is 1. The molecule has 0 aliphatic heterocycles.